The smallest absolute Gasteiger partial charge is 0.243 e. The van der Waals surface area contributed by atoms with Gasteiger partial charge in [0.15, 0.2) is 0 Å². The van der Waals surface area contributed by atoms with Crippen LogP contribution in [0.1, 0.15) is 5.56 Å². The molecule has 0 aromatic heterocycles. The number of carbonyl (C=O) groups is 1. The Bertz CT molecular complexity index is 1100. The molecule has 1 amide bonds. The van der Waals surface area contributed by atoms with E-state index in [-0.39, 0.29) is 11.4 Å². The van der Waals surface area contributed by atoms with Gasteiger partial charge in [-0.25, -0.2) is 8.42 Å². The summed E-state index contributed by atoms with van der Waals surface area (Å²) in [4.78, 5) is 13.6. The average Bonchev–Trinajstić information content (AvgIpc) is 2.74. The fourth-order valence-corrected chi connectivity index (χ4v) is 4.92. The maximum atomic E-state index is 12.6. The average molecular weight is 461 g/mol. The van der Waals surface area contributed by atoms with Crippen LogP contribution in [0.3, 0.4) is 0 Å². The van der Waals surface area contributed by atoms with E-state index in [1.807, 2.05) is 42.5 Å². The molecule has 0 aliphatic rings. The molecule has 156 valence electrons. The lowest BCUT2D eigenvalue weighted by molar-refractivity contribution is -0.116. The molecule has 0 fully saturated rings. The summed E-state index contributed by atoms with van der Waals surface area (Å²) in [5.74, 6) is 0.309. The highest BCUT2D eigenvalue weighted by Gasteiger charge is 2.23. The first-order chi connectivity index (χ1) is 14.4. The van der Waals surface area contributed by atoms with Crippen molar-refractivity contribution >= 4 is 45.0 Å². The first-order valence-corrected chi connectivity index (χ1v) is 11.9. The lowest BCUT2D eigenvalue weighted by atomic mass is 10.2. The molecule has 0 radical (unpaired) electrons. The molecule has 8 heteroatoms. The van der Waals surface area contributed by atoms with Gasteiger partial charge in [-0.15, -0.1) is 11.8 Å². The predicted octanol–water partition coefficient (Wildman–Crippen LogP) is 4.89. The molecule has 0 atom stereocenters. The number of hydrogen-bond acceptors (Lipinski definition) is 4. The summed E-state index contributed by atoms with van der Waals surface area (Å²) in [5.41, 5.74) is 1.76. The Morgan fingerprint density at radius 2 is 1.60 bits per heavy atom. The number of nitrogens with zero attached hydrogens (tertiary/aromatic N) is 1. The fourth-order valence-electron chi connectivity index (χ4n) is 2.69. The number of thioether (sulfide) groups is 1. The standard InChI is InChI=1S/C22H21ClN2O3S2/c1-25(30(27,28)19-7-3-2-4-8-19)15-22(26)24-20-9-5-6-10-21(20)29-16-17-11-13-18(23)14-12-17/h2-14H,15-16H2,1H3,(H,24,26). The van der Waals surface area contributed by atoms with Crippen LogP contribution in [0.15, 0.2) is 88.7 Å². The topological polar surface area (TPSA) is 66.5 Å². The lowest BCUT2D eigenvalue weighted by Gasteiger charge is -2.17. The van der Waals surface area contributed by atoms with Crippen molar-refractivity contribution in [2.45, 2.75) is 15.5 Å². The molecule has 0 heterocycles. The molecule has 5 nitrogen and oxygen atoms in total. The number of sulfonamides is 1. The van der Waals surface area contributed by atoms with Gasteiger partial charge < -0.3 is 5.32 Å². The maximum absolute atomic E-state index is 12.6. The van der Waals surface area contributed by atoms with Crippen molar-refractivity contribution < 1.29 is 13.2 Å². The molecule has 3 aromatic rings. The second-order valence-electron chi connectivity index (χ2n) is 6.53. The zero-order valence-corrected chi connectivity index (χ0v) is 18.7. The first-order valence-electron chi connectivity index (χ1n) is 9.14. The molecule has 0 unspecified atom stereocenters. The van der Waals surface area contributed by atoms with Gasteiger partial charge in [0, 0.05) is 22.7 Å². The van der Waals surface area contributed by atoms with Crippen molar-refractivity contribution in [2.24, 2.45) is 0 Å². The molecule has 3 rings (SSSR count). The highest BCUT2D eigenvalue weighted by Crippen LogP contribution is 2.30. The molecule has 0 saturated carbocycles. The number of rotatable bonds is 8. The summed E-state index contributed by atoms with van der Waals surface area (Å²) in [6, 6.07) is 23.1. The van der Waals surface area contributed by atoms with Crippen molar-refractivity contribution in [3.05, 3.63) is 89.4 Å². The third-order valence-electron chi connectivity index (χ3n) is 4.29. The van der Waals surface area contributed by atoms with Gasteiger partial charge in [0.1, 0.15) is 0 Å². The monoisotopic (exact) mass is 460 g/mol. The van der Waals surface area contributed by atoms with E-state index in [4.69, 9.17) is 11.6 Å². The second-order valence-corrected chi connectivity index (χ2v) is 10.0. The third-order valence-corrected chi connectivity index (χ3v) is 7.50. The SMILES string of the molecule is CN(CC(=O)Nc1ccccc1SCc1ccc(Cl)cc1)S(=O)(=O)c1ccccc1. The van der Waals surface area contributed by atoms with Gasteiger partial charge >= 0.3 is 0 Å². The number of nitrogens with one attached hydrogen (secondary N) is 1. The lowest BCUT2D eigenvalue weighted by Crippen LogP contribution is -2.35. The minimum atomic E-state index is -3.73. The van der Waals surface area contributed by atoms with Crippen molar-refractivity contribution in [3.8, 4) is 0 Å². The molecule has 0 aliphatic heterocycles. The van der Waals surface area contributed by atoms with Crippen LogP contribution < -0.4 is 5.32 Å². The van der Waals surface area contributed by atoms with Gasteiger partial charge in [0.25, 0.3) is 0 Å². The number of halogens is 1. The maximum Gasteiger partial charge on any atom is 0.243 e. The van der Waals surface area contributed by atoms with Crippen LogP contribution in [0.2, 0.25) is 5.02 Å². The van der Waals surface area contributed by atoms with Crippen molar-refractivity contribution in [2.75, 3.05) is 18.9 Å². The predicted molar refractivity (Wildman–Crippen MR) is 122 cm³/mol. The van der Waals surface area contributed by atoms with Crippen molar-refractivity contribution in [1.82, 2.24) is 4.31 Å². The molecule has 0 aliphatic carbocycles. The van der Waals surface area contributed by atoms with Gasteiger partial charge in [-0.2, -0.15) is 4.31 Å². The zero-order chi connectivity index (χ0) is 21.6. The van der Waals surface area contributed by atoms with Gasteiger partial charge in [0.05, 0.1) is 17.1 Å². The Kier molecular flexibility index (Phi) is 7.55. The Balaban J connectivity index is 1.64. The number of amides is 1. The van der Waals surface area contributed by atoms with Crippen LogP contribution in [0.4, 0.5) is 5.69 Å². The van der Waals surface area contributed by atoms with Crippen LogP contribution >= 0.6 is 23.4 Å². The number of hydrogen-bond donors (Lipinski definition) is 1. The number of para-hydroxylation sites is 1. The molecule has 30 heavy (non-hydrogen) atoms. The van der Waals surface area contributed by atoms with Gasteiger partial charge in [0.2, 0.25) is 15.9 Å². The number of likely N-dealkylation sites (N-methyl/N-ethyl adjacent to an activating group) is 1. The van der Waals surface area contributed by atoms with Crippen LogP contribution in [-0.4, -0.2) is 32.2 Å². The summed E-state index contributed by atoms with van der Waals surface area (Å²) < 4.78 is 26.2. The minimum Gasteiger partial charge on any atom is -0.324 e. The summed E-state index contributed by atoms with van der Waals surface area (Å²) in [5, 5.41) is 3.51. The Morgan fingerprint density at radius 3 is 2.30 bits per heavy atom. The Labute approximate surface area is 186 Å². The second kappa shape index (κ2) is 10.1. The molecular formula is C22H21ClN2O3S2. The summed E-state index contributed by atoms with van der Waals surface area (Å²) in [7, 11) is -2.34. The highest BCUT2D eigenvalue weighted by molar-refractivity contribution is 7.98. The Morgan fingerprint density at radius 1 is 0.967 bits per heavy atom. The molecular weight excluding hydrogens is 440 g/mol. The normalized spacial score (nSPS) is 11.4. The van der Waals surface area contributed by atoms with Gasteiger partial charge in [-0.1, -0.05) is 54.1 Å². The fraction of sp³-hybridized carbons (Fsp3) is 0.136. The van der Waals surface area contributed by atoms with E-state index in [0.29, 0.717) is 16.5 Å². The van der Waals surface area contributed by atoms with Crippen LogP contribution in [0.25, 0.3) is 0 Å². The van der Waals surface area contributed by atoms with E-state index in [0.717, 1.165) is 14.8 Å². The van der Waals surface area contributed by atoms with E-state index in [2.05, 4.69) is 5.32 Å². The van der Waals surface area contributed by atoms with E-state index in [9.17, 15) is 13.2 Å². The Hall–Kier alpha value is -2.32. The van der Waals surface area contributed by atoms with Crippen molar-refractivity contribution in [3.63, 3.8) is 0 Å². The molecule has 1 N–H and O–H groups in total. The van der Waals surface area contributed by atoms with Crippen LogP contribution in [-0.2, 0) is 20.6 Å². The summed E-state index contributed by atoms with van der Waals surface area (Å²) >= 11 is 7.50. The number of carbonyl (C=O) groups excluding carboxylic acids is 1. The van der Waals surface area contributed by atoms with E-state index < -0.39 is 15.9 Å². The molecule has 0 bridgehead atoms. The summed E-state index contributed by atoms with van der Waals surface area (Å²) in [6.07, 6.45) is 0. The zero-order valence-electron chi connectivity index (χ0n) is 16.3. The van der Waals surface area contributed by atoms with E-state index in [1.54, 1.807) is 36.0 Å². The molecule has 0 spiro atoms. The minimum absolute atomic E-state index is 0.152. The van der Waals surface area contributed by atoms with Crippen molar-refractivity contribution in [1.29, 1.82) is 0 Å². The van der Waals surface area contributed by atoms with Gasteiger partial charge in [-0.3, -0.25) is 4.79 Å². The quantitative estimate of drug-likeness (QED) is 0.486. The number of benzene rings is 3. The molecule has 3 aromatic carbocycles. The van der Waals surface area contributed by atoms with Crippen LogP contribution in [0, 0.1) is 0 Å². The van der Waals surface area contributed by atoms with Gasteiger partial charge in [-0.05, 0) is 42.0 Å². The summed E-state index contributed by atoms with van der Waals surface area (Å²) in [6.45, 7) is -0.284. The van der Waals surface area contributed by atoms with E-state index in [1.165, 1.54) is 19.2 Å². The highest BCUT2D eigenvalue weighted by atomic mass is 35.5. The first kappa shape index (κ1) is 22.4. The van der Waals surface area contributed by atoms with Crippen LogP contribution in [0.5, 0.6) is 0 Å². The van der Waals surface area contributed by atoms with E-state index >= 15 is 0 Å². The number of anilines is 1. The molecule has 0 saturated heterocycles. The largest absolute Gasteiger partial charge is 0.324 e. The third kappa shape index (κ3) is 5.86.